The first-order chi connectivity index (χ1) is 26.0. The van der Waals surface area contributed by atoms with Gasteiger partial charge in [-0.1, -0.05) is 159 Å². The molecular weight excluding hydrogens is 659 g/mol. The van der Waals surface area contributed by atoms with Crippen molar-refractivity contribution < 1.29 is 24.5 Å². The largest absolute Gasteiger partial charge is 0.466 e. The van der Waals surface area contributed by atoms with Crippen molar-refractivity contribution >= 4 is 11.9 Å². The molecule has 53 heavy (non-hydrogen) atoms. The highest BCUT2D eigenvalue weighted by Crippen LogP contribution is 2.12. The van der Waals surface area contributed by atoms with E-state index in [1.807, 2.05) is 6.08 Å². The third-order valence-electron chi connectivity index (χ3n) is 9.81. The van der Waals surface area contributed by atoms with Crippen molar-refractivity contribution in [3.63, 3.8) is 0 Å². The summed E-state index contributed by atoms with van der Waals surface area (Å²) in [5.74, 6) is -0.163. The number of aliphatic hydroxyl groups excluding tert-OH is 2. The molecule has 0 bridgehead atoms. The number of ether oxygens (including phenoxy) is 1. The van der Waals surface area contributed by atoms with Crippen molar-refractivity contribution in [3.05, 3.63) is 48.6 Å². The number of amides is 1. The number of nitrogens with one attached hydrogen (secondary N) is 1. The summed E-state index contributed by atoms with van der Waals surface area (Å²) in [6, 6.07) is -0.653. The van der Waals surface area contributed by atoms with E-state index < -0.39 is 12.1 Å². The molecule has 0 heterocycles. The van der Waals surface area contributed by atoms with Crippen LogP contribution in [-0.4, -0.2) is 47.4 Å². The summed E-state index contributed by atoms with van der Waals surface area (Å²) in [5.41, 5.74) is 0. The molecule has 0 rings (SSSR count). The van der Waals surface area contributed by atoms with Gasteiger partial charge in [-0.05, 0) is 89.9 Å². The van der Waals surface area contributed by atoms with Crippen LogP contribution in [0.25, 0.3) is 0 Å². The van der Waals surface area contributed by atoms with Gasteiger partial charge >= 0.3 is 5.97 Å². The molecule has 6 nitrogen and oxygen atoms in total. The van der Waals surface area contributed by atoms with Crippen LogP contribution in [0.1, 0.15) is 213 Å². The molecule has 0 saturated carbocycles. The van der Waals surface area contributed by atoms with Crippen molar-refractivity contribution in [2.45, 2.75) is 225 Å². The average molecular weight is 744 g/mol. The molecule has 0 spiro atoms. The number of hydrogen-bond donors (Lipinski definition) is 3. The first-order valence-electron chi connectivity index (χ1n) is 22.4. The molecular formula is C47H85NO5. The minimum absolute atomic E-state index is 0.0538. The average Bonchev–Trinajstić information content (AvgIpc) is 3.16. The molecule has 0 aromatic carbocycles. The van der Waals surface area contributed by atoms with Gasteiger partial charge in [-0.3, -0.25) is 9.59 Å². The molecule has 2 unspecified atom stereocenters. The number of hydrogen-bond acceptors (Lipinski definition) is 5. The van der Waals surface area contributed by atoms with Crippen LogP contribution in [0.4, 0.5) is 0 Å². The fourth-order valence-electron chi connectivity index (χ4n) is 6.30. The van der Waals surface area contributed by atoms with Gasteiger partial charge in [-0.2, -0.15) is 0 Å². The third kappa shape index (κ3) is 39.3. The van der Waals surface area contributed by atoms with E-state index in [0.29, 0.717) is 19.4 Å². The van der Waals surface area contributed by atoms with Gasteiger partial charge in [0, 0.05) is 12.8 Å². The fourth-order valence-corrected chi connectivity index (χ4v) is 6.30. The zero-order valence-electron chi connectivity index (χ0n) is 34.7. The molecule has 2 atom stereocenters. The summed E-state index contributed by atoms with van der Waals surface area (Å²) in [6.45, 7) is 4.74. The second-order valence-electron chi connectivity index (χ2n) is 15.0. The van der Waals surface area contributed by atoms with Crippen LogP contribution < -0.4 is 5.32 Å². The van der Waals surface area contributed by atoms with Crippen molar-refractivity contribution in [1.29, 1.82) is 0 Å². The van der Waals surface area contributed by atoms with Gasteiger partial charge in [0.15, 0.2) is 0 Å². The highest BCUT2D eigenvalue weighted by Gasteiger charge is 2.17. The zero-order chi connectivity index (χ0) is 38.7. The molecule has 0 radical (unpaired) electrons. The third-order valence-corrected chi connectivity index (χ3v) is 9.81. The van der Waals surface area contributed by atoms with Crippen LogP contribution in [0.3, 0.4) is 0 Å². The highest BCUT2D eigenvalue weighted by atomic mass is 16.5. The summed E-state index contributed by atoms with van der Waals surface area (Å²) in [4.78, 5) is 24.3. The number of unbranched alkanes of at least 4 members (excludes halogenated alkanes) is 23. The van der Waals surface area contributed by atoms with E-state index in [1.54, 1.807) is 6.08 Å². The van der Waals surface area contributed by atoms with E-state index in [2.05, 4.69) is 55.6 Å². The molecule has 1 amide bonds. The Morgan fingerprint density at radius 1 is 0.528 bits per heavy atom. The van der Waals surface area contributed by atoms with Gasteiger partial charge < -0.3 is 20.3 Å². The monoisotopic (exact) mass is 744 g/mol. The lowest BCUT2D eigenvalue weighted by atomic mass is 10.1. The number of allylic oxidation sites excluding steroid dienone is 7. The number of aliphatic hydroxyl groups is 2. The maximum absolute atomic E-state index is 12.3. The topological polar surface area (TPSA) is 95.9 Å². The first-order valence-corrected chi connectivity index (χ1v) is 22.4. The van der Waals surface area contributed by atoms with Gasteiger partial charge in [0.25, 0.3) is 0 Å². The smallest absolute Gasteiger partial charge is 0.305 e. The molecule has 0 aromatic rings. The summed E-state index contributed by atoms with van der Waals surface area (Å²) in [6.07, 6.45) is 51.0. The second-order valence-corrected chi connectivity index (χ2v) is 15.0. The van der Waals surface area contributed by atoms with E-state index >= 15 is 0 Å². The lowest BCUT2D eigenvalue weighted by Crippen LogP contribution is -2.45. The van der Waals surface area contributed by atoms with E-state index in [4.69, 9.17) is 4.74 Å². The minimum atomic E-state index is -0.865. The summed E-state index contributed by atoms with van der Waals surface area (Å²) < 4.78 is 5.41. The fraction of sp³-hybridized carbons (Fsp3) is 0.787. The Bertz CT molecular complexity index is 911. The number of carbonyl (C=O) groups is 2. The van der Waals surface area contributed by atoms with Gasteiger partial charge in [-0.25, -0.2) is 0 Å². The molecule has 0 aliphatic carbocycles. The molecule has 0 fully saturated rings. The Hall–Kier alpha value is -2.18. The van der Waals surface area contributed by atoms with Crippen LogP contribution >= 0.6 is 0 Å². The van der Waals surface area contributed by atoms with Crippen molar-refractivity contribution in [1.82, 2.24) is 5.32 Å². The molecule has 0 aliphatic rings. The van der Waals surface area contributed by atoms with E-state index in [-0.39, 0.29) is 18.5 Å². The molecule has 0 saturated heterocycles. The maximum Gasteiger partial charge on any atom is 0.305 e. The predicted octanol–water partition coefficient (Wildman–Crippen LogP) is 12.7. The van der Waals surface area contributed by atoms with Crippen LogP contribution in [0.5, 0.6) is 0 Å². The van der Waals surface area contributed by atoms with Gasteiger partial charge in [-0.15, -0.1) is 0 Å². The molecule has 6 heteroatoms. The Balaban J connectivity index is 3.58. The van der Waals surface area contributed by atoms with Crippen LogP contribution in [0, 0.1) is 0 Å². The van der Waals surface area contributed by atoms with Gasteiger partial charge in [0.05, 0.1) is 25.4 Å². The lowest BCUT2D eigenvalue weighted by Gasteiger charge is -2.20. The zero-order valence-corrected chi connectivity index (χ0v) is 34.7. The van der Waals surface area contributed by atoms with Gasteiger partial charge in [0.1, 0.15) is 0 Å². The predicted molar refractivity (Wildman–Crippen MR) is 227 cm³/mol. The number of carbonyl (C=O) groups excluding carboxylic acids is 2. The van der Waals surface area contributed by atoms with Crippen LogP contribution in [-0.2, 0) is 14.3 Å². The summed E-state index contributed by atoms with van der Waals surface area (Å²) in [7, 11) is 0. The minimum Gasteiger partial charge on any atom is -0.466 e. The van der Waals surface area contributed by atoms with Crippen LogP contribution in [0.2, 0.25) is 0 Å². The Labute approximate surface area is 327 Å². The van der Waals surface area contributed by atoms with E-state index in [0.717, 1.165) is 89.9 Å². The Kier molecular flexibility index (Phi) is 40.8. The summed E-state index contributed by atoms with van der Waals surface area (Å²) >= 11 is 0. The van der Waals surface area contributed by atoms with Crippen LogP contribution in [0.15, 0.2) is 48.6 Å². The number of esters is 1. The SMILES string of the molecule is CCCCCC/C=C\C/C=C\CCCCCCCC(=O)OCCCC/C=C\CCCCCCC(=O)NC(CO)C(O)/C=C/CCCCCCCCCC. The molecule has 0 aliphatic heterocycles. The van der Waals surface area contributed by atoms with E-state index in [1.165, 1.54) is 96.3 Å². The first kappa shape index (κ1) is 50.8. The Morgan fingerprint density at radius 3 is 1.47 bits per heavy atom. The second kappa shape index (κ2) is 42.6. The lowest BCUT2D eigenvalue weighted by molar-refractivity contribution is -0.143. The van der Waals surface area contributed by atoms with Crippen molar-refractivity contribution in [2.75, 3.05) is 13.2 Å². The van der Waals surface area contributed by atoms with Crippen molar-refractivity contribution in [3.8, 4) is 0 Å². The number of rotatable bonds is 40. The molecule has 308 valence electrons. The standard InChI is InChI=1S/C47H85NO5/c1-3-5-7-9-11-13-15-16-17-18-19-20-25-29-33-37-41-47(52)53-42-38-34-30-26-22-21-24-28-32-36-40-46(51)48-44(43-49)45(50)39-35-31-27-23-14-12-10-8-6-4-2/h13,15,17-18,22,26,35,39,44-45,49-50H,3-12,14,16,19-21,23-25,27-34,36-38,40-43H2,1-2H3,(H,48,51)/b15-13-,18-17-,26-22-,39-35+. The quantitative estimate of drug-likeness (QED) is 0.0330. The molecule has 3 N–H and O–H groups in total. The normalized spacial score (nSPS) is 13.2. The highest BCUT2D eigenvalue weighted by molar-refractivity contribution is 5.76. The van der Waals surface area contributed by atoms with Crippen molar-refractivity contribution in [2.24, 2.45) is 0 Å². The van der Waals surface area contributed by atoms with Gasteiger partial charge in [0.2, 0.25) is 5.91 Å². The molecule has 0 aromatic heterocycles. The summed E-state index contributed by atoms with van der Waals surface area (Å²) in [5, 5.41) is 22.8. The Morgan fingerprint density at radius 2 is 0.943 bits per heavy atom. The maximum atomic E-state index is 12.3. The van der Waals surface area contributed by atoms with E-state index in [9.17, 15) is 19.8 Å².